The van der Waals surface area contributed by atoms with Crippen LogP contribution in [0.25, 0.3) is 5.69 Å². The summed E-state index contributed by atoms with van der Waals surface area (Å²) in [4.78, 5) is 14.5. The van der Waals surface area contributed by atoms with Crippen LogP contribution in [0, 0.1) is 11.8 Å². The van der Waals surface area contributed by atoms with Crippen molar-refractivity contribution in [3.8, 4) is 5.69 Å². The quantitative estimate of drug-likeness (QED) is 0.779. The first-order valence-electron chi connectivity index (χ1n) is 8.09. The number of carbonyl (C=O) groups excluding carboxylic acids is 1. The topological polar surface area (TPSA) is 51.0 Å². The molecule has 1 aromatic heterocycles. The van der Waals surface area contributed by atoms with E-state index in [0.717, 1.165) is 18.8 Å². The molecule has 2 atom stereocenters. The van der Waals surface area contributed by atoms with Crippen molar-refractivity contribution in [3.05, 3.63) is 35.6 Å². The van der Waals surface area contributed by atoms with Gasteiger partial charge in [0.1, 0.15) is 6.33 Å². The van der Waals surface area contributed by atoms with Crippen molar-refractivity contribution in [2.75, 3.05) is 18.8 Å². The molecule has 128 valence electrons. The zero-order chi connectivity index (χ0) is 17.1. The predicted molar refractivity (Wildman–Crippen MR) is 96.6 cm³/mol. The Kier molecular flexibility index (Phi) is 5.46. The number of piperidine rings is 1. The second kappa shape index (κ2) is 7.57. The molecule has 5 nitrogen and oxygen atoms in total. The number of benzene rings is 1. The summed E-state index contributed by atoms with van der Waals surface area (Å²) in [6, 6.07) is 7.50. The van der Waals surface area contributed by atoms with Gasteiger partial charge in [0, 0.05) is 18.1 Å². The molecule has 0 unspecified atom stereocenters. The molecule has 1 aliphatic rings. The van der Waals surface area contributed by atoms with Crippen molar-refractivity contribution in [2.45, 2.75) is 25.4 Å². The number of thioether (sulfide) groups is 1. The van der Waals surface area contributed by atoms with Crippen molar-refractivity contribution in [2.24, 2.45) is 11.8 Å². The van der Waals surface area contributed by atoms with E-state index in [0.29, 0.717) is 27.8 Å². The average molecular weight is 365 g/mol. The van der Waals surface area contributed by atoms with Crippen molar-refractivity contribution < 1.29 is 4.79 Å². The van der Waals surface area contributed by atoms with E-state index < -0.39 is 0 Å². The molecule has 1 aliphatic heterocycles. The lowest BCUT2D eigenvalue weighted by atomic mass is 9.92. The maximum atomic E-state index is 12.5. The van der Waals surface area contributed by atoms with Crippen molar-refractivity contribution >= 4 is 29.3 Å². The van der Waals surface area contributed by atoms with E-state index >= 15 is 0 Å². The summed E-state index contributed by atoms with van der Waals surface area (Å²) in [5.41, 5.74) is 0.891. The van der Waals surface area contributed by atoms with Crippen LogP contribution in [0.5, 0.6) is 0 Å². The highest BCUT2D eigenvalue weighted by Crippen LogP contribution is 2.24. The van der Waals surface area contributed by atoms with Gasteiger partial charge in [-0.1, -0.05) is 43.3 Å². The maximum Gasteiger partial charge on any atom is 0.233 e. The van der Waals surface area contributed by atoms with E-state index in [2.05, 4.69) is 24.0 Å². The van der Waals surface area contributed by atoms with E-state index in [1.165, 1.54) is 18.2 Å². The fourth-order valence-electron chi connectivity index (χ4n) is 3.21. The Hall–Kier alpha value is -1.53. The number of aromatic nitrogens is 3. The molecule has 1 amide bonds. The second-order valence-corrected chi connectivity index (χ2v) is 7.88. The largest absolute Gasteiger partial charge is 0.341 e. The molecular weight excluding hydrogens is 344 g/mol. The SMILES string of the molecule is C[C@@H]1C[C@@H](C)CN(C(=O)CSc2nncn2-c2cccc(Cl)c2)C1. The van der Waals surface area contributed by atoms with Gasteiger partial charge in [-0.3, -0.25) is 9.36 Å². The van der Waals surface area contributed by atoms with Crippen LogP contribution in [0.3, 0.4) is 0 Å². The first kappa shape index (κ1) is 17.3. The Bertz CT molecular complexity index is 710. The van der Waals surface area contributed by atoms with Crippen LogP contribution in [0.2, 0.25) is 5.02 Å². The van der Waals surface area contributed by atoms with Crippen molar-refractivity contribution in [3.63, 3.8) is 0 Å². The maximum absolute atomic E-state index is 12.5. The summed E-state index contributed by atoms with van der Waals surface area (Å²) in [5.74, 6) is 1.67. The van der Waals surface area contributed by atoms with Gasteiger partial charge in [-0.15, -0.1) is 10.2 Å². The molecule has 3 rings (SSSR count). The highest BCUT2D eigenvalue weighted by Gasteiger charge is 2.25. The number of nitrogens with zero attached hydrogens (tertiary/aromatic N) is 4. The van der Waals surface area contributed by atoms with E-state index in [9.17, 15) is 4.79 Å². The van der Waals surface area contributed by atoms with Crippen LogP contribution in [0.1, 0.15) is 20.3 Å². The number of amides is 1. The minimum absolute atomic E-state index is 0.166. The number of rotatable bonds is 4. The number of likely N-dealkylation sites (tertiary alicyclic amines) is 1. The third-order valence-electron chi connectivity index (χ3n) is 4.15. The van der Waals surface area contributed by atoms with Crippen LogP contribution in [-0.4, -0.2) is 44.4 Å². The number of hydrogen-bond donors (Lipinski definition) is 0. The minimum atomic E-state index is 0.166. The molecule has 0 N–H and O–H groups in total. The summed E-state index contributed by atoms with van der Waals surface area (Å²) in [7, 11) is 0. The van der Waals surface area contributed by atoms with E-state index in [1.54, 1.807) is 6.33 Å². The third-order valence-corrected chi connectivity index (χ3v) is 5.31. The van der Waals surface area contributed by atoms with E-state index in [1.807, 2.05) is 33.7 Å². The standard InChI is InChI=1S/C17H21ClN4OS/c1-12-6-13(2)9-21(8-12)16(23)10-24-17-20-19-11-22(17)15-5-3-4-14(18)7-15/h3-5,7,11-13H,6,8-10H2,1-2H3/t12-,13-/m1/s1. The lowest BCUT2D eigenvalue weighted by Gasteiger charge is -2.34. The second-order valence-electron chi connectivity index (χ2n) is 6.50. The van der Waals surface area contributed by atoms with Gasteiger partial charge in [0.15, 0.2) is 5.16 Å². The first-order chi connectivity index (χ1) is 11.5. The molecule has 24 heavy (non-hydrogen) atoms. The molecule has 2 aromatic rings. The molecule has 2 heterocycles. The Labute approximate surface area is 151 Å². The molecule has 1 saturated heterocycles. The minimum Gasteiger partial charge on any atom is -0.341 e. The molecule has 0 radical (unpaired) electrons. The summed E-state index contributed by atoms with van der Waals surface area (Å²) in [5, 5.41) is 9.45. The monoisotopic (exact) mass is 364 g/mol. The van der Waals surface area contributed by atoms with E-state index in [-0.39, 0.29) is 5.91 Å². The Balaban J connectivity index is 1.65. The van der Waals surface area contributed by atoms with Crippen LogP contribution >= 0.6 is 23.4 Å². The summed E-state index contributed by atoms with van der Waals surface area (Å²) in [6.07, 6.45) is 2.84. The Morgan fingerprint density at radius 2 is 2.08 bits per heavy atom. The molecule has 0 saturated carbocycles. The smallest absolute Gasteiger partial charge is 0.233 e. The number of carbonyl (C=O) groups is 1. The van der Waals surface area contributed by atoms with Crippen LogP contribution < -0.4 is 0 Å². The number of halogens is 1. The molecule has 0 bridgehead atoms. The molecule has 1 fully saturated rings. The van der Waals surface area contributed by atoms with Gasteiger partial charge in [-0.25, -0.2) is 0 Å². The number of hydrogen-bond acceptors (Lipinski definition) is 4. The molecule has 7 heteroatoms. The van der Waals surface area contributed by atoms with Gasteiger partial charge in [-0.2, -0.15) is 0 Å². The Morgan fingerprint density at radius 3 is 2.79 bits per heavy atom. The van der Waals surface area contributed by atoms with Crippen LogP contribution in [0.4, 0.5) is 0 Å². The van der Waals surface area contributed by atoms with Crippen LogP contribution in [-0.2, 0) is 4.79 Å². The van der Waals surface area contributed by atoms with Gasteiger partial charge in [0.05, 0.1) is 11.4 Å². The zero-order valence-corrected chi connectivity index (χ0v) is 15.4. The first-order valence-corrected chi connectivity index (χ1v) is 9.46. The highest BCUT2D eigenvalue weighted by atomic mass is 35.5. The summed E-state index contributed by atoms with van der Waals surface area (Å²) < 4.78 is 1.85. The normalized spacial score (nSPS) is 21.0. The van der Waals surface area contributed by atoms with Gasteiger partial charge in [-0.05, 0) is 36.5 Å². The summed E-state index contributed by atoms with van der Waals surface area (Å²) in [6.45, 7) is 6.12. The van der Waals surface area contributed by atoms with Gasteiger partial charge in [0.2, 0.25) is 5.91 Å². The molecule has 0 aliphatic carbocycles. The van der Waals surface area contributed by atoms with Crippen molar-refractivity contribution in [1.29, 1.82) is 0 Å². The fraction of sp³-hybridized carbons (Fsp3) is 0.471. The van der Waals surface area contributed by atoms with Crippen molar-refractivity contribution in [1.82, 2.24) is 19.7 Å². The average Bonchev–Trinajstić information content (AvgIpc) is 3.00. The summed E-state index contributed by atoms with van der Waals surface area (Å²) >= 11 is 7.46. The molecule has 0 spiro atoms. The van der Waals surface area contributed by atoms with Gasteiger partial charge >= 0.3 is 0 Å². The predicted octanol–water partition coefficient (Wildman–Crippen LogP) is 3.52. The zero-order valence-electron chi connectivity index (χ0n) is 13.9. The lowest BCUT2D eigenvalue weighted by Crippen LogP contribution is -2.43. The lowest BCUT2D eigenvalue weighted by molar-refractivity contribution is -0.130. The molecular formula is C17H21ClN4OS. The van der Waals surface area contributed by atoms with E-state index in [4.69, 9.17) is 11.6 Å². The fourth-order valence-corrected chi connectivity index (χ4v) is 4.23. The molecule has 1 aromatic carbocycles. The third kappa shape index (κ3) is 4.11. The Morgan fingerprint density at radius 1 is 1.33 bits per heavy atom. The van der Waals surface area contributed by atoms with Gasteiger partial charge in [0.25, 0.3) is 0 Å². The van der Waals surface area contributed by atoms with Crippen LogP contribution in [0.15, 0.2) is 35.7 Å². The van der Waals surface area contributed by atoms with Gasteiger partial charge < -0.3 is 4.90 Å². The highest BCUT2D eigenvalue weighted by molar-refractivity contribution is 7.99.